The van der Waals surface area contributed by atoms with Gasteiger partial charge in [-0.05, 0) is 18.6 Å². The van der Waals surface area contributed by atoms with E-state index in [1.54, 1.807) is 6.92 Å². The molecule has 1 aliphatic heterocycles. The third-order valence-corrected chi connectivity index (χ3v) is 2.64. The molecular weight excluding hydrogens is 238 g/mol. The number of hydrogen-bond donors (Lipinski definition) is 2. The maximum absolute atomic E-state index is 11.7. The number of aromatic nitrogens is 1. The normalized spacial score (nSPS) is 15.5. The number of amides is 3. The Hall–Kier alpha value is -2.44. The van der Waals surface area contributed by atoms with Crippen LogP contribution in [0.3, 0.4) is 0 Å². The molecule has 1 fully saturated rings. The SMILES string of the molecule is Cc1cnc(C(=O)O)cc1N1CCC(=O)NC1=O. The van der Waals surface area contributed by atoms with Crippen molar-refractivity contribution in [3.8, 4) is 0 Å². The lowest BCUT2D eigenvalue weighted by atomic mass is 10.2. The van der Waals surface area contributed by atoms with Gasteiger partial charge in [-0.15, -0.1) is 0 Å². The Bertz CT molecular complexity index is 541. The molecule has 94 valence electrons. The minimum absolute atomic E-state index is 0.139. The maximum Gasteiger partial charge on any atom is 0.354 e. The number of carboxylic acid groups (broad SMARTS) is 1. The number of hydrogen-bond acceptors (Lipinski definition) is 4. The van der Waals surface area contributed by atoms with E-state index < -0.39 is 12.0 Å². The summed E-state index contributed by atoms with van der Waals surface area (Å²) in [5.41, 5.74) is 0.984. The van der Waals surface area contributed by atoms with Gasteiger partial charge in [0.05, 0.1) is 5.69 Å². The molecule has 1 aliphatic rings. The van der Waals surface area contributed by atoms with E-state index >= 15 is 0 Å². The van der Waals surface area contributed by atoms with Gasteiger partial charge in [0, 0.05) is 19.2 Å². The fourth-order valence-electron chi connectivity index (χ4n) is 1.71. The standard InChI is InChI=1S/C11H11N3O4/c1-6-5-12-7(10(16)17)4-8(6)14-3-2-9(15)13-11(14)18/h4-5H,2-3H2,1H3,(H,16,17)(H,13,15,18). The zero-order valence-electron chi connectivity index (χ0n) is 9.64. The lowest BCUT2D eigenvalue weighted by Gasteiger charge is -2.27. The topological polar surface area (TPSA) is 99.6 Å². The number of pyridine rings is 1. The van der Waals surface area contributed by atoms with E-state index in [1.807, 2.05) is 0 Å². The van der Waals surface area contributed by atoms with Gasteiger partial charge in [-0.25, -0.2) is 14.6 Å². The average Bonchev–Trinajstić information content (AvgIpc) is 2.30. The van der Waals surface area contributed by atoms with Gasteiger partial charge in [-0.3, -0.25) is 15.0 Å². The molecule has 18 heavy (non-hydrogen) atoms. The zero-order chi connectivity index (χ0) is 13.3. The molecule has 0 radical (unpaired) electrons. The number of anilines is 1. The Balaban J connectivity index is 2.38. The maximum atomic E-state index is 11.7. The number of rotatable bonds is 2. The van der Waals surface area contributed by atoms with Crippen molar-refractivity contribution in [3.05, 3.63) is 23.5 Å². The van der Waals surface area contributed by atoms with Gasteiger partial charge >= 0.3 is 12.0 Å². The molecule has 2 heterocycles. The van der Waals surface area contributed by atoms with Crippen LogP contribution in [0, 0.1) is 6.92 Å². The van der Waals surface area contributed by atoms with Gasteiger partial charge in [-0.2, -0.15) is 0 Å². The summed E-state index contributed by atoms with van der Waals surface area (Å²) in [5, 5.41) is 11.1. The molecule has 7 nitrogen and oxygen atoms in total. The molecule has 1 aromatic rings. The highest BCUT2D eigenvalue weighted by Gasteiger charge is 2.26. The van der Waals surface area contributed by atoms with Gasteiger partial charge in [0.2, 0.25) is 5.91 Å². The molecule has 7 heteroatoms. The smallest absolute Gasteiger partial charge is 0.354 e. The number of nitrogens with zero attached hydrogens (tertiary/aromatic N) is 2. The molecule has 0 spiro atoms. The quantitative estimate of drug-likeness (QED) is 0.796. The molecule has 1 aromatic heterocycles. The van der Waals surface area contributed by atoms with E-state index in [0.717, 1.165) is 0 Å². The van der Waals surface area contributed by atoms with Crippen LogP contribution in [0.2, 0.25) is 0 Å². The molecule has 1 saturated heterocycles. The third kappa shape index (κ3) is 2.15. The fraction of sp³-hybridized carbons (Fsp3) is 0.273. The summed E-state index contributed by atoms with van der Waals surface area (Å²) in [4.78, 5) is 38.6. The molecule has 2 rings (SSSR count). The number of urea groups is 1. The lowest BCUT2D eigenvalue weighted by Crippen LogP contribution is -2.49. The van der Waals surface area contributed by atoms with E-state index in [0.29, 0.717) is 11.3 Å². The molecular formula is C11H11N3O4. The average molecular weight is 249 g/mol. The van der Waals surface area contributed by atoms with Gasteiger partial charge in [0.25, 0.3) is 0 Å². The second-order valence-corrected chi connectivity index (χ2v) is 3.92. The van der Waals surface area contributed by atoms with E-state index in [1.165, 1.54) is 17.2 Å². The van der Waals surface area contributed by atoms with Crippen LogP contribution in [0.15, 0.2) is 12.3 Å². The molecule has 0 aliphatic carbocycles. The van der Waals surface area contributed by atoms with Crippen LogP contribution in [0.1, 0.15) is 22.5 Å². The highest BCUT2D eigenvalue weighted by Crippen LogP contribution is 2.22. The van der Waals surface area contributed by atoms with Crippen LogP contribution in [0.4, 0.5) is 10.5 Å². The van der Waals surface area contributed by atoms with Crippen molar-refractivity contribution in [1.82, 2.24) is 10.3 Å². The highest BCUT2D eigenvalue weighted by atomic mass is 16.4. The lowest BCUT2D eigenvalue weighted by molar-refractivity contribution is -0.120. The van der Waals surface area contributed by atoms with Crippen LogP contribution >= 0.6 is 0 Å². The number of aryl methyl sites for hydroxylation is 1. The summed E-state index contributed by atoms with van der Waals surface area (Å²) in [6.07, 6.45) is 1.58. The van der Waals surface area contributed by atoms with Gasteiger partial charge in [0.15, 0.2) is 0 Å². The first-order valence-corrected chi connectivity index (χ1v) is 5.30. The second kappa shape index (κ2) is 4.44. The van der Waals surface area contributed by atoms with Crippen molar-refractivity contribution in [2.24, 2.45) is 0 Å². The van der Waals surface area contributed by atoms with Crippen LogP contribution in [0.25, 0.3) is 0 Å². The third-order valence-electron chi connectivity index (χ3n) is 2.64. The summed E-state index contributed by atoms with van der Waals surface area (Å²) in [5.74, 6) is -1.49. The van der Waals surface area contributed by atoms with Crippen LogP contribution < -0.4 is 10.2 Å². The largest absolute Gasteiger partial charge is 0.477 e. The monoisotopic (exact) mass is 249 g/mol. The molecule has 0 atom stereocenters. The summed E-state index contributed by atoms with van der Waals surface area (Å²) >= 11 is 0. The number of imide groups is 1. The number of carboxylic acids is 1. The fourth-order valence-corrected chi connectivity index (χ4v) is 1.71. The summed E-state index contributed by atoms with van der Waals surface area (Å²) in [7, 11) is 0. The van der Waals surface area contributed by atoms with E-state index in [9.17, 15) is 14.4 Å². The number of aromatic carboxylic acids is 1. The predicted octanol–water partition coefficient (Wildman–Crippen LogP) is 0.535. The first kappa shape index (κ1) is 12.0. The van der Waals surface area contributed by atoms with Gasteiger partial charge in [-0.1, -0.05) is 0 Å². The van der Waals surface area contributed by atoms with Crippen molar-refractivity contribution in [2.45, 2.75) is 13.3 Å². The van der Waals surface area contributed by atoms with Crippen LogP contribution in [-0.2, 0) is 4.79 Å². The number of nitrogens with one attached hydrogen (secondary N) is 1. The summed E-state index contributed by atoms with van der Waals surface area (Å²) in [6.45, 7) is 1.95. The molecule has 0 aromatic carbocycles. The van der Waals surface area contributed by atoms with E-state index in [4.69, 9.17) is 5.11 Å². The Morgan fingerprint density at radius 3 is 2.83 bits per heavy atom. The predicted molar refractivity (Wildman–Crippen MR) is 61.4 cm³/mol. The summed E-state index contributed by atoms with van der Waals surface area (Å²) < 4.78 is 0. The van der Waals surface area contributed by atoms with E-state index in [2.05, 4.69) is 10.3 Å². The first-order chi connectivity index (χ1) is 8.49. The number of carbonyl (C=O) groups excluding carboxylic acids is 2. The van der Waals surface area contributed by atoms with Crippen LogP contribution in [-0.4, -0.2) is 34.5 Å². The molecule has 2 N–H and O–H groups in total. The zero-order valence-corrected chi connectivity index (χ0v) is 9.64. The Morgan fingerprint density at radius 1 is 1.50 bits per heavy atom. The van der Waals surface area contributed by atoms with Crippen LogP contribution in [0.5, 0.6) is 0 Å². The Labute approximate surface area is 102 Å². The Morgan fingerprint density at radius 2 is 2.22 bits per heavy atom. The van der Waals surface area contributed by atoms with Crippen molar-refractivity contribution in [2.75, 3.05) is 11.4 Å². The minimum Gasteiger partial charge on any atom is -0.477 e. The Kier molecular flexibility index (Phi) is 2.97. The number of carbonyl (C=O) groups is 3. The highest BCUT2D eigenvalue weighted by molar-refractivity contribution is 6.06. The van der Waals surface area contributed by atoms with Crippen molar-refractivity contribution in [3.63, 3.8) is 0 Å². The molecule has 0 saturated carbocycles. The molecule has 0 bridgehead atoms. The summed E-state index contributed by atoms with van der Waals surface area (Å²) in [6, 6.07) is 0.782. The molecule has 0 unspecified atom stereocenters. The van der Waals surface area contributed by atoms with Crippen molar-refractivity contribution >= 4 is 23.6 Å². The second-order valence-electron chi connectivity index (χ2n) is 3.92. The first-order valence-electron chi connectivity index (χ1n) is 5.30. The van der Waals surface area contributed by atoms with Gasteiger partial charge < -0.3 is 5.11 Å². The molecule has 3 amide bonds. The van der Waals surface area contributed by atoms with Crippen molar-refractivity contribution in [1.29, 1.82) is 0 Å². The minimum atomic E-state index is -1.16. The van der Waals surface area contributed by atoms with Gasteiger partial charge in [0.1, 0.15) is 5.69 Å². The van der Waals surface area contributed by atoms with Crippen molar-refractivity contribution < 1.29 is 19.5 Å². The van der Waals surface area contributed by atoms with E-state index in [-0.39, 0.29) is 24.6 Å².